The molecule has 1 saturated carbocycles. The number of rotatable bonds is 6. The summed E-state index contributed by atoms with van der Waals surface area (Å²) in [7, 11) is 0. The SMILES string of the molecule is O=C(Cc1csc(Cc2ccccc2)n1)N[C@H]1CC[C@@H](C(=O)O)C1. The highest BCUT2D eigenvalue weighted by atomic mass is 32.1. The van der Waals surface area contributed by atoms with Gasteiger partial charge in [-0.05, 0) is 24.8 Å². The fourth-order valence-corrected chi connectivity index (χ4v) is 3.89. The van der Waals surface area contributed by atoms with E-state index in [0.29, 0.717) is 12.8 Å². The lowest BCUT2D eigenvalue weighted by atomic mass is 10.1. The summed E-state index contributed by atoms with van der Waals surface area (Å²) in [6, 6.07) is 10.1. The first-order valence-electron chi connectivity index (χ1n) is 8.09. The summed E-state index contributed by atoms with van der Waals surface area (Å²) in [6.45, 7) is 0. The second-order valence-corrected chi connectivity index (χ2v) is 7.13. The molecule has 1 aromatic carbocycles. The van der Waals surface area contributed by atoms with Crippen molar-refractivity contribution in [3.63, 3.8) is 0 Å². The number of carbonyl (C=O) groups excluding carboxylic acids is 1. The number of hydrogen-bond acceptors (Lipinski definition) is 4. The smallest absolute Gasteiger partial charge is 0.306 e. The van der Waals surface area contributed by atoms with Crippen molar-refractivity contribution in [3.05, 3.63) is 52.0 Å². The van der Waals surface area contributed by atoms with Crippen molar-refractivity contribution in [1.82, 2.24) is 10.3 Å². The molecule has 24 heavy (non-hydrogen) atoms. The Morgan fingerprint density at radius 1 is 1.25 bits per heavy atom. The van der Waals surface area contributed by atoms with E-state index in [1.54, 1.807) is 11.3 Å². The van der Waals surface area contributed by atoms with Crippen LogP contribution in [0.1, 0.15) is 35.5 Å². The zero-order valence-electron chi connectivity index (χ0n) is 13.3. The summed E-state index contributed by atoms with van der Waals surface area (Å²) in [6.07, 6.45) is 2.92. The molecule has 5 nitrogen and oxygen atoms in total. The number of nitrogens with one attached hydrogen (secondary N) is 1. The average Bonchev–Trinajstić information content (AvgIpc) is 3.18. The van der Waals surface area contributed by atoms with Crippen LogP contribution in [0.5, 0.6) is 0 Å². The summed E-state index contributed by atoms with van der Waals surface area (Å²) in [5.74, 6) is -1.17. The van der Waals surface area contributed by atoms with E-state index in [4.69, 9.17) is 5.11 Å². The number of benzene rings is 1. The fourth-order valence-electron chi connectivity index (χ4n) is 3.06. The van der Waals surface area contributed by atoms with Crippen LogP contribution in [0.15, 0.2) is 35.7 Å². The fraction of sp³-hybridized carbons (Fsp3) is 0.389. The van der Waals surface area contributed by atoms with Gasteiger partial charge in [0.1, 0.15) is 0 Å². The first-order valence-corrected chi connectivity index (χ1v) is 8.97. The van der Waals surface area contributed by atoms with Gasteiger partial charge in [-0.25, -0.2) is 4.98 Å². The predicted molar refractivity (Wildman–Crippen MR) is 92.0 cm³/mol. The Bertz CT molecular complexity index is 714. The molecular formula is C18H20N2O3S. The minimum Gasteiger partial charge on any atom is -0.481 e. The van der Waals surface area contributed by atoms with E-state index in [-0.39, 0.29) is 24.3 Å². The lowest BCUT2D eigenvalue weighted by Crippen LogP contribution is -2.34. The lowest BCUT2D eigenvalue weighted by Gasteiger charge is -2.11. The number of carboxylic acids is 1. The third kappa shape index (κ3) is 4.41. The maximum absolute atomic E-state index is 12.1. The second-order valence-electron chi connectivity index (χ2n) is 6.18. The molecule has 1 fully saturated rings. The molecule has 1 aliphatic carbocycles. The van der Waals surface area contributed by atoms with Crippen molar-refractivity contribution in [3.8, 4) is 0 Å². The molecule has 1 aromatic heterocycles. The van der Waals surface area contributed by atoms with Gasteiger partial charge in [0, 0.05) is 17.8 Å². The number of amides is 1. The minimum absolute atomic E-state index is 0.0268. The van der Waals surface area contributed by atoms with Gasteiger partial charge in [-0.15, -0.1) is 11.3 Å². The summed E-state index contributed by atoms with van der Waals surface area (Å²) >= 11 is 1.56. The molecule has 2 aromatic rings. The van der Waals surface area contributed by atoms with Crippen molar-refractivity contribution in [2.24, 2.45) is 5.92 Å². The van der Waals surface area contributed by atoms with E-state index >= 15 is 0 Å². The molecule has 0 spiro atoms. The van der Waals surface area contributed by atoms with Crippen LogP contribution in [-0.4, -0.2) is 28.0 Å². The number of hydrogen-bond donors (Lipinski definition) is 2. The second kappa shape index (κ2) is 7.57. The predicted octanol–water partition coefficient (Wildman–Crippen LogP) is 2.65. The summed E-state index contributed by atoms with van der Waals surface area (Å²) < 4.78 is 0. The molecule has 2 N–H and O–H groups in total. The first kappa shape index (κ1) is 16.6. The topological polar surface area (TPSA) is 79.3 Å². The molecule has 1 heterocycles. The number of nitrogens with zero attached hydrogens (tertiary/aromatic N) is 1. The van der Waals surface area contributed by atoms with Crippen LogP contribution in [0.3, 0.4) is 0 Å². The van der Waals surface area contributed by atoms with Gasteiger partial charge in [-0.2, -0.15) is 0 Å². The van der Waals surface area contributed by atoms with Crippen LogP contribution in [0, 0.1) is 5.92 Å². The van der Waals surface area contributed by atoms with Gasteiger partial charge in [0.25, 0.3) is 0 Å². The Hall–Kier alpha value is -2.21. The lowest BCUT2D eigenvalue weighted by molar-refractivity contribution is -0.141. The van der Waals surface area contributed by atoms with E-state index in [9.17, 15) is 9.59 Å². The Labute approximate surface area is 144 Å². The van der Waals surface area contributed by atoms with Gasteiger partial charge in [0.15, 0.2) is 0 Å². The van der Waals surface area contributed by atoms with Crippen LogP contribution < -0.4 is 5.32 Å². The molecule has 0 radical (unpaired) electrons. The first-order chi connectivity index (χ1) is 11.6. The molecule has 126 valence electrons. The monoisotopic (exact) mass is 344 g/mol. The maximum Gasteiger partial charge on any atom is 0.306 e. The quantitative estimate of drug-likeness (QED) is 0.844. The highest BCUT2D eigenvalue weighted by Crippen LogP contribution is 2.25. The molecule has 0 saturated heterocycles. The zero-order chi connectivity index (χ0) is 16.9. The Kier molecular flexibility index (Phi) is 5.25. The van der Waals surface area contributed by atoms with Crippen LogP contribution in [0.25, 0.3) is 0 Å². The van der Waals surface area contributed by atoms with Crippen molar-refractivity contribution in [2.45, 2.75) is 38.1 Å². The minimum atomic E-state index is -0.767. The van der Waals surface area contributed by atoms with Crippen LogP contribution >= 0.6 is 11.3 Å². The van der Waals surface area contributed by atoms with E-state index in [1.807, 2.05) is 23.6 Å². The summed E-state index contributed by atoms with van der Waals surface area (Å²) in [4.78, 5) is 27.6. The van der Waals surface area contributed by atoms with E-state index in [2.05, 4.69) is 22.4 Å². The van der Waals surface area contributed by atoms with Crippen molar-refractivity contribution in [1.29, 1.82) is 0 Å². The van der Waals surface area contributed by atoms with Crippen molar-refractivity contribution < 1.29 is 14.7 Å². The molecule has 0 bridgehead atoms. The van der Waals surface area contributed by atoms with E-state index in [1.165, 1.54) is 5.56 Å². The number of aromatic nitrogens is 1. The Morgan fingerprint density at radius 2 is 2.04 bits per heavy atom. The third-order valence-corrected chi connectivity index (χ3v) is 5.18. The van der Waals surface area contributed by atoms with Gasteiger partial charge >= 0.3 is 5.97 Å². The van der Waals surface area contributed by atoms with E-state index < -0.39 is 5.97 Å². The van der Waals surface area contributed by atoms with Gasteiger partial charge in [0.05, 0.1) is 23.0 Å². The van der Waals surface area contributed by atoms with Gasteiger partial charge in [-0.3, -0.25) is 9.59 Å². The average molecular weight is 344 g/mol. The molecule has 1 amide bonds. The standard InChI is InChI=1S/C18H20N2O3S/c21-16(19-14-7-6-13(9-14)18(22)23)10-15-11-24-17(20-15)8-12-4-2-1-3-5-12/h1-5,11,13-14H,6-10H2,(H,19,21)(H,22,23)/t13-,14+/m1/s1. The highest BCUT2D eigenvalue weighted by Gasteiger charge is 2.30. The van der Waals surface area contributed by atoms with Crippen LogP contribution in [-0.2, 0) is 22.4 Å². The van der Waals surface area contributed by atoms with E-state index in [0.717, 1.165) is 23.5 Å². The highest BCUT2D eigenvalue weighted by molar-refractivity contribution is 7.09. The van der Waals surface area contributed by atoms with Gasteiger partial charge in [0.2, 0.25) is 5.91 Å². The number of carbonyl (C=O) groups is 2. The van der Waals surface area contributed by atoms with Crippen molar-refractivity contribution >= 4 is 23.2 Å². The molecule has 3 rings (SSSR count). The summed E-state index contributed by atoms with van der Waals surface area (Å²) in [5, 5.41) is 14.9. The van der Waals surface area contributed by atoms with Crippen LogP contribution in [0.2, 0.25) is 0 Å². The Balaban J connectivity index is 1.49. The van der Waals surface area contributed by atoms with Crippen LogP contribution in [0.4, 0.5) is 0 Å². The molecule has 0 unspecified atom stereocenters. The van der Waals surface area contributed by atoms with Gasteiger partial charge in [-0.1, -0.05) is 30.3 Å². The molecule has 0 aliphatic heterocycles. The number of carboxylic acid groups (broad SMARTS) is 1. The van der Waals surface area contributed by atoms with Gasteiger partial charge < -0.3 is 10.4 Å². The Morgan fingerprint density at radius 3 is 2.75 bits per heavy atom. The van der Waals surface area contributed by atoms with Crippen molar-refractivity contribution in [2.75, 3.05) is 0 Å². The molecule has 2 atom stereocenters. The maximum atomic E-state index is 12.1. The molecule has 1 aliphatic rings. The zero-order valence-corrected chi connectivity index (χ0v) is 14.1. The molecule has 6 heteroatoms. The number of aliphatic carboxylic acids is 1. The summed E-state index contributed by atoms with van der Waals surface area (Å²) in [5.41, 5.74) is 1.98. The largest absolute Gasteiger partial charge is 0.481 e. The normalized spacial score (nSPS) is 20.0. The number of thiazole rings is 1. The third-order valence-electron chi connectivity index (χ3n) is 4.29. The molecular weight excluding hydrogens is 324 g/mol.